The van der Waals surface area contributed by atoms with Crippen LogP contribution in [0.5, 0.6) is 0 Å². The molecule has 3 rings (SSSR count). The van der Waals surface area contributed by atoms with E-state index in [0.29, 0.717) is 12.5 Å². The van der Waals surface area contributed by atoms with Gasteiger partial charge in [-0.05, 0) is 36.8 Å². The van der Waals surface area contributed by atoms with E-state index in [1.165, 1.54) is 0 Å². The lowest BCUT2D eigenvalue weighted by molar-refractivity contribution is -0.152. The lowest BCUT2D eigenvalue weighted by Crippen LogP contribution is -2.65. The maximum Gasteiger partial charge on any atom is 0.246 e. The minimum absolute atomic E-state index is 0.00766. The second kappa shape index (κ2) is 5.47. The Morgan fingerprint density at radius 1 is 1.33 bits per heavy atom. The first-order valence-electron chi connectivity index (χ1n) is 7.58. The van der Waals surface area contributed by atoms with Gasteiger partial charge in [0, 0.05) is 6.20 Å². The standard InChI is InChI=1S/C16H21N3O2/c1-10(2)13-16(21)19(9-12-5-3-4-8-17-12)14(11-6-7-11)15(20)18-13/h3-5,8,10-11,13-14H,6-7,9H2,1-2H3,(H,18,20). The predicted octanol–water partition coefficient (Wildman–Crippen LogP) is 1.34. The molecule has 0 radical (unpaired) electrons. The van der Waals surface area contributed by atoms with Crippen LogP contribution in [0.4, 0.5) is 0 Å². The molecule has 1 aliphatic heterocycles. The minimum Gasteiger partial charge on any atom is -0.342 e. The number of nitrogens with zero attached hydrogens (tertiary/aromatic N) is 2. The molecule has 2 fully saturated rings. The second-order valence-electron chi connectivity index (χ2n) is 6.30. The summed E-state index contributed by atoms with van der Waals surface area (Å²) in [5.74, 6) is 0.414. The van der Waals surface area contributed by atoms with Crippen molar-refractivity contribution in [2.75, 3.05) is 0 Å². The summed E-state index contributed by atoms with van der Waals surface area (Å²) in [7, 11) is 0. The number of rotatable bonds is 4. The molecule has 1 aromatic rings. The van der Waals surface area contributed by atoms with Crippen molar-refractivity contribution in [2.45, 2.75) is 45.3 Å². The fourth-order valence-electron chi connectivity index (χ4n) is 2.93. The molecule has 0 bridgehead atoms. The summed E-state index contributed by atoms with van der Waals surface area (Å²) in [4.78, 5) is 31.2. The van der Waals surface area contributed by atoms with Crippen LogP contribution < -0.4 is 5.32 Å². The molecule has 2 unspecified atom stereocenters. The zero-order valence-corrected chi connectivity index (χ0v) is 12.5. The Morgan fingerprint density at radius 2 is 2.10 bits per heavy atom. The first-order chi connectivity index (χ1) is 10.1. The number of carbonyl (C=O) groups is 2. The molecule has 5 heteroatoms. The number of amides is 2. The Balaban J connectivity index is 1.87. The number of nitrogens with one attached hydrogen (secondary N) is 1. The van der Waals surface area contributed by atoms with E-state index in [1.54, 1.807) is 11.1 Å². The van der Waals surface area contributed by atoms with E-state index in [9.17, 15) is 9.59 Å². The Labute approximate surface area is 124 Å². The van der Waals surface area contributed by atoms with Gasteiger partial charge in [-0.25, -0.2) is 0 Å². The zero-order valence-electron chi connectivity index (χ0n) is 12.5. The predicted molar refractivity (Wildman–Crippen MR) is 78.1 cm³/mol. The lowest BCUT2D eigenvalue weighted by atomic mass is 9.96. The van der Waals surface area contributed by atoms with Gasteiger partial charge in [0.1, 0.15) is 12.1 Å². The van der Waals surface area contributed by atoms with Crippen LogP contribution >= 0.6 is 0 Å². The summed E-state index contributed by atoms with van der Waals surface area (Å²) >= 11 is 0. The summed E-state index contributed by atoms with van der Waals surface area (Å²) in [6, 6.07) is 4.91. The normalized spacial score (nSPS) is 26.1. The van der Waals surface area contributed by atoms with Gasteiger partial charge >= 0.3 is 0 Å². The van der Waals surface area contributed by atoms with Crippen LogP contribution in [0, 0.1) is 11.8 Å². The van der Waals surface area contributed by atoms with E-state index in [1.807, 2.05) is 32.0 Å². The first kappa shape index (κ1) is 14.0. The van der Waals surface area contributed by atoms with Crippen molar-refractivity contribution >= 4 is 11.8 Å². The number of carbonyl (C=O) groups excluding carboxylic acids is 2. The molecule has 1 aromatic heterocycles. The fourth-order valence-corrected chi connectivity index (χ4v) is 2.93. The van der Waals surface area contributed by atoms with E-state index >= 15 is 0 Å². The maximum absolute atomic E-state index is 12.7. The number of aromatic nitrogens is 1. The SMILES string of the molecule is CC(C)C1NC(=O)C(C2CC2)N(Cc2ccccn2)C1=O. The molecule has 2 heterocycles. The molecule has 21 heavy (non-hydrogen) atoms. The average Bonchev–Trinajstić information content (AvgIpc) is 3.28. The lowest BCUT2D eigenvalue weighted by Gasteiger charge is -2.40. The van der Waals surface area contributed by atoms with Crippen LogP contribution in [0.25, 0.3) is 0 Å². The summed E-state index contributed by atoms with van der Waals surface area (Å²) in [6.07, 6.45) is 3.77. The quantitative estimate of drug-likeness (QED) is 0.909. The first-order valence-corrected chi connectivity index (χ1v) is 7.58. The van der Waals surface area contributed by atoms with Gasteiger partial charge in [0.05, 0.1) is 12.2 Å². The van der Waals surface area contributed by atoms with Gasteiger partial charge in [-0.15, -0.1) is 0 Å². The third-order valence-corrected chi connectivity index (χ3v) is 4.24. The number of piperazine rings is 1. The zero-order chi connectivity index (χ0) is 15.0. The van der Waals surface area contributed by atoms with Gasteiger partial charge in [0.2, 0.25) is 11.8 Å². The third-order valence-electron chi connectivity index (χ3n) is 4.24. The molecule has 112 valence electrons. The number of hydrogen-bond acceptors (Lipinski definition) is 3. The maximum atomic E-state index is 12.7. The van der Waals surface area contributed by atoms with Crippen LogP contribution in [0.15, 0.2) is 24.4 Å². The molecule has 1 N–H and O–H groups in total. The largest absolute Gasteiger partial charge is 0.342 e. The highest BCUT2D eigenvalue weighted by molar-refractivity contribution is 5.97. The van der Waals surface area contributed by atoms with Crippen molar-refractivity contribution in [1.82, 2.24) is 15.2 Å². The van der Waals surface area contributed by atoms with Gasteiger partial charge in [-0.3, -0.25) is 14.6 Å². The highest BCUT2D eigenvalue weighted by Gasteiger charge is 2.48. The van der Waals surface area contributed by atoms with Crippen molar-refractivity contribution in [2.24, 2.45) is 11.8 Å². The molecule has 2 atom stereocenters. The summed E-state index contributed by atoms with van der Waals surface area (Å²) in [6.45, 7) is 4.33. The topological polar surface area (TPSA) is 62.3 Å². The van der Waals surface area contributed by atoms with Crippen LogP contribution in [0.1, 0.15) is 32.4 Å². The molecular formula is C16H21N3O2. The van der Waals surface area contributed by atoms with Crippen LogP contribution in [-0.4, -0.2) is 33.8 Å². The fraction of sp³-hybridized carbons (Fsp3) is 0.562. The average molecular weight is 287 g/mol. The van der Waals surface area contributed by atoms with E-state index in [0.717, 1.165) is 18.5 Å². The Morgan fingerprint density at radius 3 is 2.67 bits per heavy atom. The Hall–Kier alpha value is -1.91. The molecule has 1 saturated carbocycles. The highest BCUT2D eigenvalue weighted by Crippen LogP contribution is 2.37. The Bertz CT molecular complexity index is 540. The smallest absolute Gasteiger partial charge is 0.246 e. The monoisotopic (exact) mass is 287 g/mol. The molecule has 5 nitrogen and oxygen atoms in total. The molecule has 0 spiro atoms. The molecule has 0 aromatic carbocycles. The Kier molecular flexibility index (Phi) is 3.66. The van der Waals surface area contributed by atoms with Gasteiger partial charge in [-0.1, -0.05) is 19.9 Å². The minimum atomic E-state index is -0.420. The summed E-state index contributed by atoms with van der Waals surface area (Å²) in [5, 5.41) is 2.90. The second-order valence-corrected chi connectivity index (χ2v) is 6.30. The third kappa shape index (κ3) is 2.77. The van der Waals surface area contributed by atoms with E-state index in [4.69, 9.17) is 0 Å². The highest BCUT2D eigenvalue weighted by atomic mass is 16.2. The van der Waals surface area contributed by atoms with Gasteiger partial charge in [-0.2, -0.15) is 0 Å². The molecule has 2 aliphatic rings. The summed E-state index contributed by atoms with van der Waals surface area (Å²) < 4.78 is 0. The van der Waals surface area contributed by atoms with Crippen molar-refractivity contribution < 1.29 is 9.59 Å². The van der Waals surface area contributed by atoms with Crippen molar-refractivity contribution in [3.8, 4) is 0 Å². The van der Waals surface area contributed by atoms with Crippen molar-refractivity contribution in [3.63, 3.8) is 0 Å². The molecule has 1 saturated heterocycles. The van der Waals surface area contributed by atoms with Gasteiger partial charge < -0.3 is 10.2 Å². The van der Waals surface area contributed by atoms with E-state index in [-0.39, 0.29) is 23.8 Å². The van der Waals surface area contributed by atoms with Crippen molar-refractivity contribution in [3.05, 3.63) is 30.1 Å². The van der Waals surface area contributed by atoms with E-state index in [2.05, 4.69) is 10.3 Å². The van der Waals surface area contributed by atoms with Crippen LogP contribution in [0.3, 0.4) is 0 Å². The number of hydrogen-bond donors (Lipinski definition) is 1. The number of pyridine rings is 1. The molecular weight excluding hydrogens is 266 g/mol. The van der Waals surface area contributed by atoms with Crippen LogP contribution in [-0.2, 0) is 16.1 Å². The summed E-state index contributed by atoms with van der Waals surface area (Å²) in [5.41, 5.74) is 0.828. The van der Waals surface area contributed by atoms with E-state index < -0.39 is 6.04 Å². The van der Waals surface area contributed by atoms with Crippen LogP contribution in [0.2, 0.25) is 0 Å². The van der Waals surface area contributed by atoms with Gasteiger partial charge in [0.15, 0.2) is 0 Å². The molecule has 1 aliphatic carbocycles. The molecule has 2 amide bonds. The van der Waals surface area contributed by atoms with Gasteiger partial charge in [0.25, 0.3) is 0 Å². The van der Waals surface area contributed by atoms with Crippen molar-refractivity contribution in [1.29, 1.82) is 0 Å².